The summed E-state index contributed by atoms with van der Waals surface area (Å²) in [7, 11) is 5.40. The maximum atomic E-state index is 5.51. The lowest BCUT2D eigenvalue weighted by molar-refractivity contribution is 0.142. The van der Waals surface area contributed by atoms with Gasteiger partial charge >= 0.3 is 0 Å². The molecule has 0 atom stereocenters. The Balaban J connectivity index is 1.22. The lowest BCUT2D eigenvalue weighted by Gasteiger charge is -2.33. The van der Waals surface area contributed by atoms with Gasteiger partial charge in [-0.1, -0.05) is 41.6 Å². The quantitative estimate of drug-likeness (QED) is 0.462. The van der Waals surface area contributed by atoms with Crippen LogP contribution in [0.1, 0.15) is 35.7 Å². The average molecular weight is 451 g/mol. The molecule has 33 heavy (non-hydrogen) atoms. The molecule has 0 amide bonds. The fourth-order valence-corrected chi connectivity index (χ4v) is 4.50. The van der Waals surface area contributed by atoms with Crippen LogP contribution in [-0.2, 0) is 19.5 Å². The summed E-state index contributed by atoms with van der Waals surface area (Å²) in [5.41, 5.74) is 2.45. The van der Waals surface area contributed by atoms with E-state index in [4.69, 9.17) is 14.0 Å². The number of methoxy groups -OCH3 is 2. The molecule has 0 N–H and O–H groups in total. The van der Waals surface area contributed by atoms with Crippen LogP contribution in [-0.4, -0.2) is 60.8 Å². The Morgan fingerprint density at radius 1 is 1.00 bits per heavy atom. The van der Waals surface area contributed by atoms with Gasteiger partial charge in [-0.15, -0.1) is 0 Å². The third kappa shape index (κ3) is 6.55. The summed E-state index contributed by atoms with van der Waals surface area (Å²) in [6, 6.07) is 16.6. The molecule has 1 aromatic heterocycles. The Kier molecular flexibility index (Phi) is 7.96. The molecule has 3 aromatic rings. The molecular formula is C26H34N4O3. The highest BCUT2D eigenvalue weighted by molar-refractivity contribution is 5.43. The number of hydrogen-bond donors (Lipinski definition) is 0. The summed E-state index contributed by atoms with van der Waals surface area (Å²) in [6.45, 7) is 5.08. The normalized spacial score (nSPS) is 15.2. The molecule has 7 nitrogen and oxygen atoms in total. The summed E-state index contributed by atoms with van der Waals surface area (Å²) < 4.78 is 16.2. The van der Waals surface area contributed by atoms with Gasteiger partial charge in [-0.25, -0.2) is 0 Å². The molecule has 4 rings (SSSR count). The zero-order valence-corrected chi connectivity index (χ0v) is 19.9. The summed E-state index contributed by atoms with van der Waals surface area (Å²) >= 11 is 0. The fraction of sp³-hybridized carbons (Fsp3) is 0.462. The van der Waals surface area contributed by atoms with Gasteiger partial charge in [0.2, 0.25) is 5.89 Å². The molecule has 1 fully saturated rings. The average Bonchev–Trinajstić information content (AvgIpc) is 3.27. The summed E-state index contributed by atoms with van der Waals surface area (Å²) in [6.07, 6.45) is 3.05. The van der Waals surface area contributed by atoms with Gasteiger partial charge in [0.05, 0.1) is 20.8 Å². The number of rotatable bonds is 10. The molecule has 0 unspecified atom stereocenters. The topological polar surface area (TPSA) is 63.9 Å². The Labute approximate surface area is 196 Å². The lowest BCUT2D eigenvalue weighted by Crippen LogP contribution is -2.37. The summed E-state index contributed by atoms with van der Waals surface area (Å²) in [4.78, 5) is 9.45. The molecule has 1 saturated heterocycles. The maximum Gasteiger partial charge on any atom is 0.240 e. The molecule has 2 aromatic carbocycles. The smallest absolute Gasteiger partial charge is 0.240 e. The van der Waals surface area contributed by atoms with E-state index in [1.54, 1.807) is 14.2 Å². The van der Waals surface area contributed by atoms with Crippen molar-refractivity contribution >= 4 is 0 Å². The van der Waals surface area contributed by atoms with E-state index >= 15 is 0 Å². The second-order valence-corrected chi connectivity index (χ2v) is 8.87. The van der Waals surface area contributed by atoms with Crippen LogP contribution in [0.25, 0.3) is 0 Å². The lowest BCUT2D eigenvalue weighted by atomic mass is 9.96. The standard InChI is InChI=1S/C26H34N4O3/c1-29(17-21-11-13-30(14-12-21)18-20-7-5-4-6-8-20)19-26-27-25(28-33-26)16-22-9-10-23(31-2)24(15-22)32-3/h4-10,15,21H,11-14,16-19H2,1-3H3. The fourth-order valence-electron chi connectivity index (χ4n) is 4.50. The first-order valence-electron chi connectivity index (χ1n) is 11.6. The summed E-state index contributed by atoms with van der Waals surface area (Å²) in [5, 5.41) is 4.17. The number of aromatic nitrogens is 2. The van der Waals surface area contributed by atoms with Crippen LogP contribution in [0.5, 0.6) is 11.5 Å². The van der Waals surface area contributed by atoms with E-state index in [9.17, 15) is 0 Å². The van der Waals surface area contributed by atoms with Crippen molar-refractivity contribution in [2.24, 2.45) is 5.92 Å². The molecular weight excluding hydrogens is 416 g/mol. The third-order valence-corrected chi connectivity index (χ3v) is 6.25. The van der Waals surface area contributed by atoms with E-state index in [-0.39, 0.29) is 0 Å². The first kappa shape index (κ1) is 23.3. The van der Waals surface area contributed by atoms with E-state index in [2.05, 4.69) is 57.3 Å². The maximum absolute atomic E-state index is 5.51. The minimum absolute atomic E-state index is 0.591. The van der Waals surface area contributed by atoms with Crippen molar-refractivity contribution in [3.05, 3.63) is 71.4 Å². The molecule has 0 bridgehead atoms. The number of likely N-dealkylation sites (tertiary alicyclic amines) is 1. The van der Waals surface area contributed by atoms with Crippen molar-refractivity contribution in [1.82, 2.24) is 19.9 Å². The van der Waals surface area contributed by atoms with Gasteiger partial charge < -0.3 is 14.0 Å². The number of piperidine rings is 1. The predicted molar refractivity (Wildman–Crippen MR) is 127 cm³/mol. The Morgan fingerprint density at radius 2 is 1.76 bits per heavy atom. The molecule has 0 spiro atoms. The second kappa shape index (κ2) is 11.3. The van der Waals surface area contributed by atoms with E-state index in [0.717, 1.165) is 31.7 Å². The zero-order chi connectivity index (χ0) is 23.0. The minimum Gasteiger partial charge on any atom is -0.493 e. The van der Waals surface area contributed by atoms with Gasteiger partial charge in [-0.2, -0.15) is 4.98 Å². The molecule has 0 radical (unpaired) electrons. The molecule has 0 aliphatic carbocycles. The van der Waals surface area contributed by atoms with Crippen LogP contribution in [0.3, 0.4) is 0 Å². The predicted octanol–water partition coefficient (Wildman–Crippen LogP) is 4.02. The van der Waals surface area contributed by atoms with Crippen molar-refractivity contribution < 1.29 is 14.0 Å². The van der Waals surface area contributed by atoms with Gasteiger partial charge in [0.25, 0.3) is 0 Å². The molecule has 176 valence electrons. The highest BCUT2D eigenvalue weighted by atomic mass is 16.5. The molecule has 1 aliphatic rings. The number of ether oxygens (including phenoxy) is 2. The van der Waals surface area contributed by atoms with Gasteiger partial charge in [0.15, 0.2) is 17.3 Å². The molecule has 0 saturated carbocycles. The van der Waals surface area contributed by atoms with E-state index in [0.29, 0.717) is 42.1 Å². The van der Waals surface area contributed by atoms with Crippen molar-refractivity contribution in [3.63, 3.8) is 0 Å². The van der Waals surface area contributed by atoms with Crippen LogP contribution in [0.4, 0.5) is 0 Å². The molecule has 7 heteroatoms. The van der Waals surface area contributed by atoms with Gasteiger partial charge in [0.1, 0.15) is 0 Å². The van der Waals surface area contributed by atoms with Crippen molar-refractivity contribution in [2.75, 3.05) is 40.9 Å². The highest BCUT2D eigenvalue weighted by Crippen LogP contribution is 2.28. The van der Waals surface area contributed by atoms with E-state index in [1.165, 1.54) is 18.4 Å². The second-order valence-electron chi connectivity index (χ2n) is 8.87. The van der Waals surface area contributed by atoms with Crippen LogP contribution in [0.15, 0.2) is 53.1 Å². The number of benzene rings is 2. The SMILES string of the molecule is COc1ccc(Cc2noc(CN(C)CC3CCN(Cc4ccccc4)CC3)n2)cc1OC. The van der Waals surface area contributed by atoms with Crippen LogP contribution in [0, 0.1) is 5.92 Å². The molecule has 2 heterocycles. The van der Waals surface area contributed by atoms with Crippen LogP contribution < -0.4 is 9.47 Å². The summed E-state index contributed by atoms with van der Waals surface area (Å²) in [5.74, 6) is 3.46. The van der Waals surface area contributed by atoms with Crippen molar-refractivity contribution in [3.8, 4) is 11.5 Å². The van der Waals surface area contributed by atoms with Crippen molar-refractivity contribution in [1.29, 1.82) is 0 Å². The zero-order valence-electron chi connectivity index (χ0n) is 19.9. The van der Waals surface area contributed by atoms with Crippen LogP contribution >= 0.6 is 0 Å². The van der Waals surface area contributed by atoms with Crippen LogP contribution in [0.2, 0.25) is 0 Å². The van der Waals surface area contributed by atoms with E-state index in [1.807, 2.05) is 18.2 Å². The van der Waals surface area contributed by atoms with E-state index < -0.39 is 0 Å². The Bertz CT molecular complexity index is 1000. The Hall–Kier alpha value is -2.90. The number of nitrogens with zero attached hydrogens (tertiary/aromatic N) is 4. The first-order valence-corrected chi connectivity index (χ1v) is 11.6. The van der Waals surface area contributed by atoms with Crippen molar-refractivity contribution in [2.45, 2.75) is 32.4 Å². The minimum atomic E-state index is 0.591. The molecule has 1 aliphatic heterocycles. The van der Waals surface area contributed by atoms with Gasteiger partial charge in [-0.05, 0) is 62.2 Å². The monoisotopic (exact) mass is 450 g/mol. The Morgan fingerprint density at radius 3 is 2.48 bits per heavy atom. The third-order valence-electron chi connectivity index (χ3n) is 6.25. The highest BCUT2D eigenvalue weighted by Gasteiger charge is 2.21. The van der Waals surface area contributed by atoms with Gasteiger partial charge in [-0.3, -0.25) is 9.80 Å². The van der Waals surface area contributed by atoms with Gasteiger partial charge in [0, 0.05) is 19.5 Å². The first-order chi connectivity index (χ1) is 16.1. The number of hydrogen-bond acceptors (Lipinski definition) is 7. The largest absolute Gasteiger partial charge is 0.493 e.